The van der Waals surface area contributed by atoms with E-state index in [1.807, 2.05) is 0 Å². The quantitative estimate of drug-likeness (QED) is 0.382. The largest absolute Gasteiger partial charge is 0.465 e. The third kappa shape index (κ3) is 3.94. The van der Waals surface area contributed by atoms with Crippen LogP contribution < -0.4 is 10.5 Å². The van der Waals surface area contributed by atoms with E-state index in [0.717, 1.165) is 6.07 Å². The van der Waals surface area contributed by atoms with Crippen molar-refractivity contribution in [1.82, 2.24) is 0 Å². The number of rotatable bonds is 5. The molecule has 6 heteroatoms. The van der Waals surface area contributed by atoms with Crippen LogP contribution in [0.15, 0.2) is 18.2 Å². The fourth-order valence-electron chi connectivity index (χ4n) is 1.45. The van der Waals surface area contributed by atoms with Gasteiger partial charge in [0.15, 0.2) is 17.5 Å². The van der Waals surface area contributed by atoms with E-state index in [2.05, 4.69) is 0 Å². The lowest BCUT2D eigenvalue weighted by Crippen LogP contribution is -2.29. The van der Waals surface area contributed by atoms with Crippen LogP contribution in [0, 0.1) is 11.7 Å². The lowest BCUT2D eigenvalue weighted by Gasteiger charge is -2.13. The van der Waals surface area contributed by atoms with Crippen molar-refractivity contribution in [2.45, 2.75) is 20.3 Å². The summed E-state index contributed by atoms with van der Waals surface area (Å²) in [4.78, 5) is 23.3. The number of halogens is 1. The van der Waals surface area contributed by atoms with Gasteiger partial charge in [-0.05, 0) is 25.5 Å². The number of nitrogens with two attached hydrogens (primary N) is 1. The molecule has 0 aliphatic heterocycles. The molecule has 1 atom stereocenters. The molecule has 2 N–H and O–H groups in total. The molecule has 0 aliphatic carbocycles. The summed E-state index contributed by atoms with van der Waals surface area (Å²) in [6.07, 6.45) is 0.217. The molecule has 0 spiro atoms. The smallest absolute Gasteiger partial charge is 0.325 e. The van der Waals surface area contributed by atoms with Gasteiger partial charge in [0.2, 0.25) is 0 Å². The number of carbonyl (C=O) groups excluding carboxylic acids is 2. The van der Waals surface area contributed by atoms with E-state index in [1.165, 1.54) is 12.1 Å². The average Bonchev–Trinajstić information content (AvgIpc) is 2.34. The number of anilines is 1. The van der Waals surface area contributed by atoms with Crippen molar-refractivity contribution in [2.75, 3.05) is 12.3 Å². The first kappa shape index (κ1) is 14.9. The Kier molecular flexibility index (Phi) is 5.29. The predicted molar refractivity (Wildman–Crippen MR) is 66.9 cm³/mol. The maximum absolute atomic E-state index is 13.5. The summed E-state index contributed by atoms with van der Waals surface area (Å²) in [5, 5.41) is 0. The molecule has 104 valence electrons. The molecule has 1 unspecified atom stereocenters. The molecule has 0 amide bonds. The molecule has 0 bridgehead atoms. The lowest BCUT2D eigenvalue weighted by molar-refractivity contribution is -0.157. The molecular weight excluding hydrogens is 253 g/mol. The van der Waals surface area contributed by atoms with Crippen molar-refractivity contribution in [3.63, 3.8) is 0 Å². The number of benzene rings is 1. The SMILES string of the molecule is CCOC(=O)C(CC)C(=O)Oc1ccc(N)cc1F. The fourth-order valence-corrected chi connectivity index (χ4v) is 1.45. The van der Waals surface area contributed by atoms with E-state index >= 15 is 0 Å². The highest BCUT2D eigenvalue weighted by Gasteiger charge is 2.28. The van der Waals surface area contributed by atoms with E-state index < -0.39 is 23.7 Å². The van der Waals surface area contributed by atoms with Crippen molar-refractivity contribution in [3.05, 3.63) is 24.0 Å². The molecule has 0 saturated heterocycles. The Labute approximate surface area is 110 Å². The monoisotopic (exact) mass is 269 g/mol. The molecule has 1 aromatic carbocycles. The van der Waals surface area contributed by atoms with Crippen LogP contribution in [0.1, 0.15) is 20.3 Å². The van der Waals surface area contributed by atoms with Gasteiger partial charge in [-0.25, -0.2) is 4.39 Å². The van der Waals surface area contributed by atoms with E-state index in [0.29, 0.717) is 0 Å². The van der Waals surface area contributed by atoms with Gasteiger partial charge < -0.3 is 15.2 Å². The zero-order chi connectivity index (χ0) is 14.4. The summed E-state index contributed by atoms with van der Waals surface area (Å²) in [6, 6.07) is 3.67. The fraction of sp³-hybridized carbons (Fsp3) is 0.385. The molecule has 0 aromatic heterocycles. The van der Waals surface area contributed by atoms with Gasteiger partial charge in [0.05, 0.1) is 6.61 Å². The molecule has 0 heterocycles. The first-order chi connectivity index (χ1) is 8.99. The van der Waals surface area contributed by atoms with Gasteiger partial charge in [0.25, 0.3) is 0 Å². The second kappa shape index (κ2) is 6.72. The molecule has 0 radical (unpaired) electrons. The number of ether oxygens (including phenoxy) is 2. The summed E-state index contributed by atoms with van der Waals surface area (Å²) in [6.45, 7) is 3.44. The highest BCUT2D eigenvalue weighted by molar-refractivity contribution is 5.95. The average molecular weight is 269 g/mol. The van der Waals surface area contributed by atoms with E-state index in [-0.39, 0.29) is 24.5 Å². The molecule has 0 aliphatic rings. The number of hydrogen-bond acceptors (Lipinski definition) is 5. The normalized spacial score (nSPS) is 11.7. The number of carbonyl (C=O) groups is 2. The Balaban J connectivity index is 2.79. The Morgan fingerprint density at radius 3 is 2.53 bits per heavy atom. The van der Waals surface area contributed by atoms with Gasteiger partial charge in [-0.1, -0.05) is 6.92 Å². The molecular formula is C13H16FNO4. The Bertz CT molecular complexity index is 476. The predicted octanol–water partition coefficient (Wildman–Crippen LogP) is 1.90. The maximum Gasteiger partial charge on any atom is 0.325 e. The van der Waals surface area contributed by atoms with Crippen LogP contribution in [0.3, 0.4) is 0 Å². The molecule has 0 saturated carbocycles. The Hall–Kier alpha value is -2.11. The van der Waals surface area contributed by atoms with Gasteiger partial charge >= 0.3 is 11.9 Å². The van der Waals surface area contributed by atoms with Gasteiger partial charge in [0.1, 0.15) is 0 Å². The summed E-state index contributed by atoms with van der Waals surface area (Å²) < 4.78 is 23.1. The van der Waals surface area contributed by atoms with Crippen molar-refractivity contribution in [3.8, 4) is 5.75 Å². The summed E-state index contributed by atoms with van der Waals surface area (Å²) in [5.41, 5.74) is 5.59. The zero-order valence-corrected chi connectivity index (χ0v) is 10.8. The summed E-state index contributed by atoms with van der Waals surface area (Å²) in [5.74, 6) is -3.60. The minimum Gasteiger partial charge on any atom is -0.465 e. The van der Waals surface area contributed by atoms with Gasteiger partial charge in [-0.15, -0.1) is 0 Å². The summed E-state index contributed by atoms with van der Waals surface area (Å²) in [7, 11) is 0. The van der Waals surface area contributed by atoms with Crippen LogP contribution in [-0.4, -0.2) is 18.5 Å². The van der Waals surface area contributed by atoms with Crippen LogP contribution in [0.25, 0.3) is 0 Å². The number of hydrogen-bond donors (Lipinski definition) is 1. The van der Waals surface area contributed by atoms with Crippen LogP contribution in [0.4, 0.5) is 10.1 Å². The number of nitrogen functional groups attached to an aromatic ring is 1. The van der Waals surface area contributed by atoms with Crippen LogP contribution in [0.2, 0.25) is 0 Å². The number of esters is 2. The standard InChI is InChI=1S/C13H16FNO4/c1-3-9(12(16)18-4-2)13(17)19-11-6-5-8(15)7-10(11)14/h5-7,9H,3-4,15H2,1-2H3. The van der Waals surface area contributed by atoms with Crippen molar-refractivity contribution in [1.29, 1.82) is 0 Å². The van der Waals surface area contributed by atoms with E-state index in [9.17, 15) is 14.0 Å². The van der Waals surface area contributed by atoms with Crippen LogP contribution >= 0.6 is 0 Å². The second-order valence-electron chi connectivity index (χ2n) is 3.82. The van der Waals surface area contributed by atoms with Gasteiger partial charge in [-0.2, -0.15) is 0 Å². The maximum atomic E-state index is 13.5. The Morgan fingerprint density at radius 1 is 1.32 bits per heavy atom. The zero-order valence-electron chi connectivity index (χ0n) is 10.8. The van der Waals surface area contributed by atoms with Crippen LogP contribution in [0.5, 0.6) is 5.75 Å². The minimum atomic E-state index is -1.06. The third-order valence-corrected chi connectivity index (χ3v) is 2.43. The van der Waals surface area contributed by atoms with E-state index in [4.69, 9.17) is 15.2 Å². The first-order valence-electron chi connectivity index (χ1n) is 5.92. The van der Waals surface area contributed by atoms with E-state index in [1.54, 1.807) is 13.8 Å². The van der Waals surface area contributed by atoms with Gasteiger partial charge in [-0.3, -0.25) is 9.59 Å². The topological polar surface area (TPSA) is 78.6 Å². The highest BCUT2D eigenvalue weighted by Crippen LogP contribution is 2.21. The summed E-state index contributed by atoms with van der Waals surface area (Å²) >= 11 is 0. The first-order valence-corrected chi connectivity index (χ1v) is 5.92. The Morgan fingerprint density at radius 2 is 2.00 bits per heavy atom. The molecule has 1 rings (SSSR count). The van der Waals surface area contributed by atoms with Gasteiger partial charge in [0, 0.05) is 11.8 Å². The molecule has 19 heavy (non-hydrogen) atoms. The van der Waals surface area contributed by atoms with Crippen LogP contribution in [-0.2, 0) is 14.3 Å². The third-order valence-electron chi connectivity index (χ3n) is 2.43. The second-order valence-corrected chi connectivity index (χ2v) is 3.82. The minimum absolute atomic E-state index is 0.166. The highest BCUT2D eigenvalue weighted by atomic mass is 19.1. The molecule has 0 fully saturated rings. The van der Waals surface area contributed by atoms with Crippen molar-refractivity contribution < 1.29 is 23.5 Å². The lowest BCUT2D eigenvalue weighted by atomic mass is 10.1. The van der Waals surface area contributed by atoms with Crippen molar-refractivity contribution >= 4 is 17.6 Å². The molecule has 1 aromatic rings. The van der Waals surface area contributed by atoms with Crippen molar-refractivity contribution in [2.24, 2.45) is 5.92 Å². The molecule has 5 nitrogen and oxygen atoms in total.